The molecule has 0 saturated heterocycles. The Balaban J connectivity index is 2.29. The van der Waals surface area contributed by atoms with Crippen molar-refractivity contribution in [2.45, 2.75) is 26.4 Å². The molecule has 0 unspecified atom stereocenters. The largest absolute Gasteiger partial charge is 0.492 e. The molecular formula is C13H19ClN2O3. The van der Waals surface area contributed by atoms with Gasteiger partial charge in [0.25, 0.3) is 0 Å². The van der Waals surface area contributed by atoms with Gasteiger partial charge in [0, 0.05) is 16.8 Å². The molecule has 1 aromatic carbocycles. The predicted octanol–water partition coefficient (Wildman–Crippen LogP) is 2.83. The number of amides is 1. The standard InChI is InChI=1S/C13H19ClN2O3/c1-13(2,3)19-12(17)16-4-5-18-11-7-9(14)6-10(15)8-11/h6-8H,4-5,15H2,1-3H3,(H,16,17). The van der Waals surface area contributed by atoms with Gasteiger partial charge in [0.05, 0.1) is 6.54 Å². The highest BCUT2D eigenvalue weighted by atomic mass is 35.5. The van der Waals surface area contributed by atoms with Crippen molar-refractivity contribution in [3.63, 3.8) is 0 Å². The molecule has 0 bridgehead atoms. The van der Waals surface area contributed by atoms with Crippen molar-refractivity contribution >= 4 is 23.4 Å². The zero-order chi connectivity index (χ0) is 14.5. The fraction of sp³-hybridized carbons (Fsp3) is 0.462. The van der Waals surface area contributed by atoms with E-state index in [1.165, 1.54) is 0 Å². The molecule has 1 rings (SSSR count). The van der Waals surface area contributed by atoms with Crippen LogP contribution in [0.25, 0.3) is 0 Å². The molecule has 106 valence electrons. The molecule has 0 saturated carbocycles. The summed E-state index contributed by atoms with van der Waals surface area (Å²) in [7, 11) is 0. The van der Waals surface area contributed by atoms with Gasteiger partial charge in [-0.2, -0.15) is 0 Å². The average molecular weight is 287 g/mol. The van der Waals surface area contributed by atoms with Crippen molar-refractivity contribution in [1.29, 1.82) is 0 Å². The lowest BCUT2D eigenvalue weighted by molar-refractivity contribution is 0.0520. The molecule has 0 fully saturated rings. The number of hydrogen-bond acceptors (Lipinski definition) is 4. The average Bonchev–Trinajstić information content (AvgIpc) is 2.20. The molecule has 0 spiro atoms. The van der Waals surface area contributed by atoms with Crippen LogP contribution >= 0.6 is 11.6 Å². The fourth-order valence-corrected chi connectivity index (χ4v) is 1.54. The Hall–Kier alpha value is -1.62. The van der Waals surface area contributed by atoms with Crippen LogP contribution in [0, 0.1) is 0 Å². The number of alkyl carbamates (subject to hydrolysis) is 1. The maximum absolute atomic E-state index is 11.3. The van der Waals surface area contributed by atoms with Gasteiger partial charge in [-0.3, -0.25) is 0 Å². The third-order valence-electron chi connectivity index (χ3n) is 1.93. The van der Waals surface area contributed by atoms with Gasteiger partial charge < -0.3 is 20.5 Å². The molecular weight excluding hydrogens is 268 g/mol. The van der Waals surface area contributed by atoms with Crippen molar-refractivity contribution in [2.75, 3.05) is 18.9 Å². The van der Waals surface area contributed by atoms with Crippen LogP contribution in [0.1, 0.15) is 20.8 Å². The van der Waals surface area contributed by atoms with E-state index in [-0.39, 0.29) is 0 Å². The maximum atomic E-state index is 11.3. The van der Waals surface area contributed by atoms with E-state index in [2.05, 4.69) is 5.32 Å². The van der Waals surface area contributed by atoms with Gasteiger partial charge in [0.1, 0.15) is 18.0 Å². The summed E-state index contributed by atoms with van der Waals surface area (Å²) >= 11 is 5.84. The van der Waals surface area contributed by atoms with Crippen LogP contribution in [0.3, 0.4) is 0 Å². The quantitative estimate of drug-likeness (QED) is 0.659. The Morgan fingerprint density at radius 1 is 1.37 bits per heavy atom. The monoisotopic (exact) mass is 286 g/mol. The van der Waals surface area contributed by atoms with Crippen molar-refractivity contribution in [2.24, 2.45) is 0 Å². The first-order valence-corrected chi connectivity index (χ1v) is 6.30. The molecule has 3 N–H and O–H groups in total. The first kappa shape index (κ1) is 15.4. The highest BCUT2D eigenvalue weighted by molar-refractivity contribution is 6.31. The summed E-state index contributed by atoms with van der Waals surface area (Å²) in [5.74, 6) is 0.566. The van der Waals surface area contributed by atoms with Crippen molar-refractivity contribution < 1.29 is 14.3 Å². The topological polar surface area (TPSA) is 73.6 Å². The summed E-state index contributed by atoms with van der Waals surface area (Å²) in [4.78, 5) is 11.3. The van der Waals surface area contributed by atoms with Crippen LogP contribution < -0.4 is 15.8 Å². The van der Waals surface area contributed by atoms with Crippen molar-refractivity contribution in [1.82, 2.24) is 5.32 Å². The van der Waals surface area contributed by atoms with Gasteiger partial charge in [0.2, 0.25) is 0 Å². The van der Waals surface area contributed by atoms with E-state index < -0.39 is 11.7 Å². The van der Waals surface area contributed by atoms with Crippen LogP contribution in [0.5, 0.6) is 5.75 Å². The van der Waals surface area contributed by atoms with Crippen molar-refractivity contribution in [3.8, 4) is 5.75 Å². The van der Waals surface area contributed by atoms with Gasteiger partial charge in [-0.05, 0) is 32.9 Å². The lowest BCUT2D eigenvalue weighted by Gasteiger charge is -2.19. The van der Waals surface area contributed by atoms with Gasteiger partial charge in [-0.1, -0.05) is 11.6 Å². The van der Waals surface area contributed by atoms with Crippen molar-refractivity contribution in [3.05, 3.63) is 23.2 Å². The van der Waals surface area contributed by atoms with E-state index in [0.29, 0.717) is 29.6 Å². The third kappa shape index (κ3) is 6.76. The Labute approximate surface area is 118 Å². The number of nitrogens with two attached hydrogens (primary N) is 1. The molecule has 1 amide bonds. The Kier molecular flexibility index (Phi) is 5.30. The summed E-state index contributed by atoms with van der Waals surface area (Å²) in [6.45, 7) is 6.05. The Morgan fingerprint density at radius 2 is 2.05 bits per heavy atom. The molecule has 0 radical (unpaired) electrons. The highest BCUT2D eigenvalue weighted by Crippen LogP contribution is 2.22. The van der Waals surface area contributed by atoms with E-state index in [9.17, 15) is 4.79 Å². The Morgan fingerprint density at radius 3 is 2.63 bits per heavy atom. The second-order valence-electron chi connectivity index (χ2n) is 5.00. The third-order valence-corrected chi connectivity index (χ3v) is 2.15. The lowest BCUT2D eigenvalue weighted by atomic mass is 10.2. The van der Waals surface area contributed by atoms with Crippen LogP contribution in [0.15, 0.2) is 18.2 Å². The summed E-state index contributed by atoms with van der Waals surface area (Å²) in [5, 5.41) is 3.10. The fourth-order valence-electron chi connectivity index (χ4n) is 1.30. The molecule has 0 heterocycles. The smallest absolute Gasteiger partial charge is 0.407 e. The predicted molar refractivity (Wildman–Crippen MR) is 75.6 cm³/mol. The number of nitrogen functional groups attached to an aromatic ring is 1. The normalized spacial score (nSPS) is 10.9. The zero-order valence-corrected chi connectivity index (χ0v) is 12.1. The lowest BCUT2D eigenvalue weighted by Crippen LogP contribution is -2.34. The van der Waals surface area contributed by atoms with E-state index in [1.54, 1.807) is 39.0 Å². The molecule has 1 aromatic rings. The summed E-state index contributed by atoms with van der Waals surface area (Å²) in [5.41, 5.74) is 5.65. The molecule has 5 nitrogen and oxygen atoms in total. The minimum absolute atomic E-state index is 0.305. The summed E-state index contributed by atoms with van der Waals surface area (Å²) in [6.07, 6.45) is -0.471. The number of hydrogen-bond donors (Lipinski definition) is 2. The summed E-state index contributed by atoms with van der Waals surface area (Å²) in [6, 6.07) is 4.96. The molecule has 0 aliphatic carbocycles. The van der Waals surface area contributed by atoms with Crippen LogP contribution in [-0.4, -0.2) is 24.8 Å². The molecule has 0 aliphatic heterocycles. The number of carbonyl (C=O) groups is 1. The van der Waals surface area contributed by atoms with E-state index >= 15 is 0 Å². The molecule has 0 aliphatic rings. The minimum Gasteiger partial charge on any atom is -0.492 e. The van der Waals surface area contributed by atoms with E-state index in [0.717, 1.165) is 0 Å². The number of nitrogens with one attached hydrogen (secondary N) is 1. The number of carbonyl (C=O) groups excluding carboxylic acids is 1. The number of rotatable bonds is 4. The van der Waals surface area contributed by atoms with Crippen LogP contribution in [0.2, 0.25) is 5.02 Å². The number of halogens is 1. The number of anilines is 1. The van der Waals surface area contributed by atoms with Crippen LogP contribution in [-0.2, 0) is 4.74 Å². The second kappa shape index (κ2) is 6.52. The number of benzene rings is 1. The van der Waals surface area contributed by atoms with Crippen LogP contribution in [0.4, 0.5) is 10.5 Å². The molecule has 6 heteroatoms. The number of ether oxygens (including phenoxy) is 2. The Bertz CT molecular complexity index is 424. The van der Waals surface area contributed by atoms with Gasteiger partial charge in [-0.15, -0.1) is 0 Å². The van der Waals surface area contributed by atoms with Gasteiger partial charge >= 0.3 is 6.09 Å². The van der Waals surface area contributed by atoms with Gasteiger partial charge in [0.15, 0.2) is 0 Å². The molecule has 19 heavy (non-hydrogen) atoms. The summed E-state index contributed by atoms with van der Waals surface area (Å²) < 4.78 is 10.5. The zero-order valence-electron chi connectivity index (χ0n) is 11.3. The first-order valence-electron chi connectivity index (χ1n) is 5.92. The first-order chi connectivity index (χ1) is 8.76. The maximum Gasteiger partial charge on any atom is 0.407 e. The molecule has 0 aromatic heterocycles. The molecule has 0 atom stereocenters. The minimum atomic E-state index is -0.508. The van der Waals surface area contributed by atoms with E-state index in [1.807, 2.05) is 0 Å². The van der Waals surface area contributed by atoms with E-state index in [4.69, 9.17) is 26.8 Å². The highest BCUT2D eigenvalue weighted by Gasteiger charge is 2.15. The SMILES string of the molecule is CC(C)(C)OC(=O)NCCOc1cc(N)cc(Cl)c1. The van der Waals surface area contributed by atoms with Gasteiger partial charge in [-0.25, -0.2) is 4.79 Å². The second-order valence-corrected chi connectivity index (χ2v) is 5.43.